The van der Waals surface area contributed by atoms with Gasteiger partial charge in [0.1, 0.15) is 17.4 Å². The van der Waals surface area contributed by atoms with Crippen LogP contribution in [0.2, 0.25) is 0 Å². The molecule has 4 nitrogen and oxygen atoms in total. The summed E-state index contributed by atoms with van der Waals surface area (Å²) in [6.45, 7) is -0.210. The monoisotopic (exact) mass is 337 g/mol. The number of hydrogen-bond acceptors (Lipinski definition) is 3. The maximum atomic E-state index is 13.1. The minimum absolute atomic E-state index is 0.210. The Bertz CT molecular complexity index is 850. The molecule has 2 aromatic carbocycles. The zero-order chi connectivity index (χ0) is 16.9. The predicted octanol–water partition coefficient (Wildman–Crippen LogP) is 2.30. The Hall–Kier alpha value is -2.43. The molecule has 7 heteroatoms. The molecule has 23 heavy (non-hydrogen) atoms. The van der Waals surface area contributed by atoms with Gasteiger partial charge in [-0.25, -0.2) is 17.2 Å². The number of ether oxygens (including phenoxy) is 1. The van der Waals surface area contributed by atoms with E-state index >= 15 is 0 Å². The van der Waals surface area contributed by atoms with Crippen molar-refractivity contribution >= 4 is 10.0 Å². The Kier molecular flexibility index (Phi) is 5.32. The number of para-hydroxylation sites is 1. The molecule has 0 aliphatic rings. The minimum atomic E-state index is -4.04. The molecule has 0 saturated heterocycles. The molecule has 120 valence electrons. The van der Waals surface area contributed by atoms with Crippen LogP contribution < -0.4 is 9.46 Å². The molecule has 2 aromatic rings. The predicted molar refractivity (Wildman–Crippen MR) is 81.4 cm³/mol. The van der Waals surface area contributed by atoms with E-state index in [1.807, 2.05) is 0 Å². The van der Waals surface area contributed by atoms with Crippen molar-refractivity contribution in [1.29, 1.82) is 0 Å². The highest BCUT2D eigenvalue weighted by molar-refractivity contribution is 7.89. The van der Waals surface area contributed by atoms with Gasteiger partial charge in [-0.05, 0) is 24.3 Å². The first-order valence-electron chi connectivity index (χ1n) is 6.50. The molecule has 0 fully saturated rings. The number of nitrogens with one attached hydrogen (secondary N) is 1. The molecule has 0 saturated carbocycles. The molecular formula is C16H13F2NO3S. The van der Waals surface area contributed by atoms with Crippen LogP contribution in [0.15, 0.2) is 47.4 Å². The van der Waals surface area contributed by atoms with Gasteiger partial charge in [0.25, 0.3) is 0 Å². The summed E-state index contributed by atoms with van der Waals surface area (Å²) in [6, 6.07) is 9.07. The zero-order valence-electron chi connectivity index (χ0n) is 12.1. The normalized spacial score (nSPS) is 10.7. The van der Waals surface area contributed by atoms with Crippen LogP contribution in [0.3, 0.4) is 0 Å². The molecule has 2 rings (SSSR count). The van der Waals surface area contributed by atoms with Crippen LogP contribution in [0, 0.1) is 23.5 Å². The zero-order valence-corrected chi connectivity index (χ0v) is 13.0. The van der Waals surface area contributed by atoms with Crippen molar-refractivity contribution in [2.75, 3.05) is 13.7 Å². The summed E-state index contributed by atoms with van der Waals surface area (Å²) < 4.78 is 57.3. The van der Waals surface area contributed by atoms with Crippen LogP contribution in [0.1, 0.15) is 5.56 Å². The average Bonchev–Trinajstić information content (AvgIpc) is 2.51. The van der Waals surface area contributed by atoms with Crippen molar-refractivity contribution in [2.45, 2.75) is 4.90 Å². The van der Waals surface area contributed by atoms with Crippen LogP contribution >= 0.6 is 0 Å². The van der Waals surface area contributed by atoms with Crippen molar-refractivity contribution in [3.8, 4) is 17.6 Å². The fraction of sp³-hybridized carbons (Fsp3) is 0.125. The van der Waals surface area contributed by atoms with Gasteiger partial charge in [0.15, 0.2) is 0 Å². The molecule has 0 unspecified atom stereocenters. The quantitative estimate of drug-likeness (QED) is 0.871. The minimum Gasteiger partial charge on any atom is -0.495 e. The fourth-order valence-corrected chi connectivity index (χ4v) is 2.75. The van der Waals surface area contributed by atoms with Gasteiger partial charge in [0.2, 0.25) is 10.0 Å². The maximum Gasteiger partial charge on any atom is 0.241 e. The average molecular weight is 337 g/mol. The van der Waals surface area contributed by atoms with Gasteiger partial charge in [-0.1, -0.05) is 24.0 Å². The number of sulfonamides is 1. The van der Waals surface area contributed by atoms with Gasteiger partial charge in [0.05, 0.1) is 24.1 Å². The Labute approximate surface area is 133 Å². The number of hydrogen-bond donors (Lipinski definition) is 1. The van der Waals surface area contributed by atoms with Gasteiger partial charge in [0, 0.05) is 6.07 Å². The highest BCUT2D eigenvalue weighted by Gasteiger charge is 2.15. The second-order valence-corrected chi connectivity index (χ2v) is 6.20. The lowest BCUT2D eigenvalue weighted by molar-refractivity contribution is 0.413. The molecule has 1 N–H and O–H groups in total. The van der Waals surface area contributed by atoms with Gasteiger partial charge < -0.3 is 4.74 Å². The fourth-order valence-electron chi connectivity index (χ4n) is 1.79. The van der Waals surface area contributed by atoms with Crippen molar-refractivity contribution in [2.24, 2.45) is 0 Å². The second-order valence-electron chi connectivity index (χ2n) is 4.43. The molecule has 0 bridgehead atoms. The molecule has 0 atom stereocenters. The van der Waals surface area contributed by atoms with E-state index in [-0.39, 0.29) is 6.54 Å². The maximum absolute atomic E-state index is 13.1. The van der Waals surface area contributed by atoms with Crippen molar-refractivity contribution < 1.29 is 21.9 Å². The summed E-state index contributed by atoms with van der Waals surface area (Å²) >= 11 is 0. The summed E-state index contributed by atoms with van der Waals surface area (Å²) in [5.74, 6) is 4.02. The summed E-state index contributed by atoms with van der Waals surface area (Å²) in [4.78, 5) is -0.492. The van der Waals surface area contributed by atoms with Crippen LogP contribution in [-0.4, -0.2) is 22.1 Å². The Morgan fingerprint density at radius 2 is 1.78 bits per heavy atom. The first kappa shape index (κ1) is 16.9. The highest BCUT2D eigenvalue weighted by Crippen LogP contribution is 2.15. The lowest BCUT2D eigenvalue weighted by Crippen LogP contribution is -2.24. The van der Waals surface area contributed by atoms with Crippen LogP contribution in [0.4, 0.5) is 8.78 Å². The largest absolute Gasteiger partial charge is 0.495 e. The smallest absolute Gasteiger partial charge is 0.241 e. The van der Waals surface area contributed by atoms with Crippen molar-refractivity contribution in [1.82, 2.24) is 4.72 Å². The Morgan fingerprint density at radius 3 is 2.43 bits per heavy atom. The van der Waals surface area contributed by atoms with E-state index in [2.05, 4.69) is 16.6 Å². The van der Waals surface area contributed by atoms with Gasteiger partial charge in [-0.2, -0.15) is 4.72 Å². The molecule has 0 amide bonds. The number of benzene rings is 2. The molecular weight excluding hydrogens is 324 g/mol. The highest BCUT2D eigenvalue weighted by atomic mass is 32.2. The van der Waals surface area contributed by atoms with Crippen LogP contribution in [0.25, 0.3) is 0 Å². The van der Waals surface area contributed by atoms with Crippen molar-refractivity contribution in [3.05, 3.63) is 59.7 Å². The van der Waals surface area contributed by atoms with Crippen LogP contribution in [-0.2, 0) is 10.0 Å². The van der Waals surface area contributed by atoms with Crippen LogP contribution in [0.5, 0.6) is 5.75 Å². The molecule has 0 aliphatic carbocycles. The molecule has 0 aliphatic heterocycles. The Balaban J connectivity index is 2.10. The van der Waals surface area contributed by atoms with Crippen molar-refractivity contribution in [3.63, 3.8) is 0 Å². The molecule has 0 heterocycles. The number of methoxy groups -OCH3 is 1. The first-order valence-corrected chi connectivity index (χ1v) is 7.98. The van der Waals surface area contributed by atoms with E-state index < -0.39 is 26.6 Å². The van der Waals surface area contributed by atoms with Gasteiger partial charge >= 0.3 is 0 Å². The summed E-state index contributed by atoms with van der Waals surface area (Å²) in [5.41, 5.74) is 0.603. The van der Waals surface area contributed by atoms with E-state index in [1.165, 1.54) is 7.11 Å². The topological polar surface area (TPSA) is 55.4 Å². The third-order valence-corrected chi connectivity index (χ3v) is 4.21. The standard InChI is InChI=1S/C16H13F2NO3S/c1-22-16-7-3-2-5-12(16)6-4-8-19-23(20,21)15-10-13(17)9-14(18)11-15/h2-3,5,7,9-11,19H,8H2,1H3. The Morgan fingerprint density at radius 1 is 1.13 bits per heavy atom. The number of rotatable bonds is 4. The summed E-state index contributed by atoms with van der Waals surface area (Å²) in [6.07, 6.45) is 0. The third-order valence-electron chi connectivity index (χ3n) is 2.83. The summed E-state index contributed by atoms with van der Waals surface area (Å²) in [7, 11) is -2.54. The molecule has 0 radical (unpaired) electrons. The van der Waals surface area contributed by atoms with Gasteiger partial charge in [-0.3, -0.25) is 0 Å². The van der Waals surface area contributed by atoms with E-state index in [4.69, 9.17) is 4.74 Å². The van der Waals surface area contributed by atoms with E-state index in [0.29, 0.717) is 17.4 Å². The van der Waals surface area contributed by atoms with E-state index in [9.17, 15) is 17.2 Å². The second kappa shape index (κ2) is 7.22. The van der Waals surface area contributed by atoms with Gasteiger partial charge in [-0.15, -0.1) is 0 Å². The molecule has 0 aromatic heterocycles. The molecule has 0 spiro atoms. The third kappa shape index (κ3) is 4.52. The summed E-state index contributed by atoms with van der Waals surface area (Å²) in [5, 5.41) is 0. The van der Waals surface area contributed by atoms with E-state index in [0.717, 1.165) is 12.1 Å². The SMILES string of the molecule is COc1ccccc1C#CCNS(=O)(=O)c1cc(F)cc(F)c1. The lowest BCUT2D eigenvalue weighted by Gasteiger charge is -2.04. The lowest BCUT2D eigenvalue weighted by atomic mass is 10.2. The number of halogens is 2. The van der Waals surface area contributed by atoms with E-state index in [1.54, 1.807) is 24.3 Å². The first-order chi connectivity index (χ1) is 10.9.